The van der Waals surface area contributed by atoms with Crippen LogP contribution in [0.25, 0.3) is 22.5 Å². The van der Waals surface area contributed by atoms with Crippen LogP contribution >= 0.6 is 11.8 Å². The number of amides is 1. The number of hydrogen-bond donors (Lipinski definition) is 1. The first-order chi connectivity index (χ1) is 14.2. The highest BCUT2D eigenvalue weighted by Crippen LogP contribution is 2.35. The van der Waals surface area contributed by atoms with Gasteiger partial charge in [-0.3, -0.25) is 4.79 Å². The van der Waals surface area contributed by atoms with E-state index >= 15 is 0 Å². The van der Waals surface area contributed by atoms with Gasteiger partial charge in [0.2, 0.25) is 11.1 Å². The molecule has 6 heteroatoms. The lowest BCUT2D eigenvalue weighted by molar-refractivity contribution is -0.117. The Bertz CT molecular complexity index is 1110. The van der Waals surface area contributed by atoms with Crippen molar-refractivity contribution in [3.8, 4) is 22.5 Å². The summed E-state index contributed by atoms with van der Waals surface area (Å²) >= 11 is 1.20. The van der Waals surface area contributed by atoms with Gasteiger partial charge in [-0.1, -0.05) is 103 Å². The van der Waals surface area contributed by atoms with Gasteiger partial charge in [0.1, 0.15) is 16.6 Å². The number of thioether (sulfide) groups is 1. The molecule has 2 N–H and O–H groups in total. The molecule has 0 aliphatic heterocycles. The topological polar surface area (TPSA) is 81.8 Å². The van der Waals surface area contributed by atoms with Gasteiger partial charge in [0, 0.05) is 11.1 Å². The minimum atomic E-state index is -0.593. The second-order valence-corrected chi connectivity index (χ2v) is 7.41. The standard InChI is InChI=1S/C23H18N4OS/c24-22(28)21(18-14-8-3-9-15-18)29-23-25-19(16-10-4-1-5-11-16)20(26-27-23)17-12-6-2-7-13-17/h1-15,21H,(H2,24,28)/t21-/m0/s1. The summed E-state index contributed by atoms with van der Waals surface area (Å²) in [6, 6.07) is 29.0. The van der Waals surface area contributed by atoms with Gasteiger partial charge >= 0.3 is 0 Å². The maximum absolute atomic E-state index is 12.1. The summed E-state index contributed by atoms with van der Waals surface area (Å²) in [5.74, 6) is -0.446. The molecule has 3 aromatic carbocycles. The van der Waals surface area contributed by atoms with E-state index in [1.807, 2.05) is 91.0 Å². The van der Waals surface area contributed by atoms with Crippen molar-refractivity contribution < 1.29 is 4.79 Å². The zero-order chi connectivity index (χ0) is 20.1. The molecule has 29 heavy (non-hydrogen) atoms. The molecule has 0 fully saturated rings. The van der Waals surface area contributed by atoms with Crippen LogP contribution in [0.3, 0.4) is 0 Å². The zero-order valence-electron chi connectivity index (χ0n) is 15.5. The van der Waals surface area contributed by atoms with Crippen molar-refractivity contribution in [1.82, 2.24) is 15.2 Å². The fourth-order valence-electron chi connectivity index (χ4n) is 2.97. The Morgan fingerprint density at radius 2 is 1.24 bits per heavy atom. The maximum atomic E-state index is 12.1. The highest BCUT2D eigenvalue weighted by Gasteiger charge is 2.22. The summed E-state index contributed by atoms with van der Waals surface area (Å²) in [7, 11) is 0. The summed E-state index contributed by atoms with van der Waals surface area (Å²) in [4.78, 5) is 16.8. The summed E-state index contributed by atoms with van der Waals surface area (Å²) in [5.41, 5.74) is 9.72. The lowest BCUT2D eigenvalue weighted by Crippen LogP contribution is -2.19. The van der Waals surface area contributed by atoms with Crippen LogP contribution in [0.4, 0.5) is 0 Å². The van der Waals surface area contributed by atoms with Crippen LogP contribution < -0.4 is 5.73 Å². The quantitative estimate of drug-likeness (QED) is 0.483. The van der Waals surface area contributed by atoms with Crippen LogP contribution in [0.5, 0.6) is 0 Å². The van der Waals surface area contributed by atoms with Crippen LogP contribution in [-0.4, -0.2) is 21.1 Å². The van der Waals surface area contributed by atoms with Gasteiger partial charge in [-0.2, -0.15) is 0 Å². The van der Waals surface area contributed by atoms with Gasteiger partial charge in [-0.25, -0.2) is 4.98 Å². The predicted molar refractivity (Wildman–Crippen MR) is 115 cm³/mol. The van der Waals surface area contributed by atoms with Gasteiger partial charge in [0.05, 0.1) is 0 Å². The van der Waals surface area contributed by atoms with Crippen LogP contribution in [-0.2, 0) is 4.79 Å². The molecule has 1 amide bonds. The molecule has 4 aromatic rings. The van der Waals surface area contributed by atoms with E-state index in [-0.39, 0.29) is 0 Å². The van der Waals surface area contributed by atoms with Crippen LogP contribution in [0.1, 0.15) is 10.8 Å². The van der Waals surface area contributed by atoms with Crippen molar-refractivity contribution >= 4 is 17.7 Å². The molecule has 0 spiro atoms. The largest absolute Gasteiger partial charge is 0.368 e. The number of nitrogens with two attached hydrogens (primary N) is 1. The lowest BCUT2D eigenvalue weighted by atomic mass is 10.0. The number of hydrogen-bond acceptors (Lipinski definition) is 5. The highest BCUT2D eigenvalue weighted by atomic mass is 32.2. The van der Waals surface area contributed by atoms with E-state index < -0.39 is 11.2 Å². The first-order valence-electron chi connectivity index (χ1n) is 9.09. The van der Waals surface area contributed by atoms with E-state index in [9.17, 15) is 4.79 Å². The van der Waals surface area contributed by atoms with Crippen LogP contribution in [0, 0.1) is 0 Å². The summed E-state index contributed by atoms with van der Waals surface area (Å²) in [6.45, 7) is 0. The van der Waals surface area contributed by atoms with E-state index in [4.69, 9.17) is 10.7 Å². The number of carbonyl (C=O) groups excluding carboxylic acids is 1. The van der Waals surface area contributed by atoms with Crippen LogP contribution in [0.2, 0.25) is 0 Å². The third kappa shape index (κ3) is 4.33. The van der Waals surface area contributed by atoms with Gasteiger partial charge in [-0.15, -0.1) is 10.2 Å². The number of primary amides is 1. The minimum Gasteiger partial charge on any atom is -0.368 e. The Hall–Kier alpha value is -3.51. The molecular formula is C23H18N4OS. The normalized spacial score (nSPS) is 11.7. The molecular weight excluding hydrogens is 380 g/mol. The van der Waals surface area contributed by atoms with Crippen LogP contribution in [0.15, 0.2) is 96.2 Å². The summed E-state index contributed by atoms with van der Waals surface area (Å²) in [6.07, 6.45) is 0. The Morgan fingerprint density at radius 1 is 0.724 bits per heavy atom. The Balaban J connectivity index is 1.77. The molecule has 0 aliphatic carbocycles. The Morgan fingerprint density at radius 3 is 1.79 bits per heavy atom. The molecule has 0 aliphatic rings. The molecule has 0 radical (unpaired) electrons. The molecule has 5 nitrogen and oxygen atoms in total. The van der Waals surface area contributed by atoms with E-state index in [1.165, 1.54) is 11.8 Å². The van der Waals surface area contributed by atoms with E-state index in [0.29, 0.717) is 16.5 Å². The maximum Gasteiger partial charge on any atom is 0.235 e. The number of nitrogens with zero attached hydrogens (tertiary/aromatic N) is 3. The third-order valence-corrected chi connectivity index (χ3v) is 5.47. The van der Waals surface area contributed by atoms with Gasteiger partial charge in [-0.05, 0) is 5.56 Å². The molecule has 1 atom stereocenters. The Kier molecular flexibility index (Phi) is 5.63. The summed E-state index contributed by atoms with van der Waals surface area (Å²) < 4.78 is 0. The SMILES string of the molecule is NC(=O)[C@@H](Sc1nnc(-c2ccccc2)c(-c2ccccc2)n1)c1ccccc1. The molecule has 1 heterocycles. The highest BCUT2D eigenvalue weighted by molar-refractivity contribution is 8.00. The third-order valence-electron chi connectivity index (χ3n) is 4.35. The van der Waals surface area contributed by atoms with Gasteiger partial charge in [0.15, 0.2) is 0 Å². The molecule has 0 saturated heterocycles. The first-order valence-corrected chi connectivity index (χ1v) is 9.97. The van der Waals surface area contributed by atoms with E-state index in [0.717, 1.165) is 16.7 Å². The summed E-state index contributed by atoms with van der Waals surface area (Å²) in [5, 5.41) is 8.53. The van der Waals surface area contributed by atoms with Gasteiger partial charge in [0.25, 0.3) is 0 Å². The van der Waals surface area contributed by atoms with Crippen molar-refractivity contribution in [3.05, 3.63) is 96.6 Å². The van der Waals surface area contributed by atoms with Crippen molar-refractivity contribution in [2.75, 3.05) is 0 Å². The molecule has 4 rings (SSSR count). The Labute approximate surface area is 173 Å². The number of aromatic nitrogens is 3. The first kappa shape index (κ1) is 18.8. The predicted octanol–water partition coefficient (Wildman–Crippen LogP) is 4.52. The number of rotatable bonds is 6. The van der Waals surface area contributed by atoms with E-state index in [1.54, 1.807) is 0 Å². The molecule has 142 valence electrons. The zero-order valence-corrected chi connectivity index (χ0v) is 16.3. The fraction of sp³-hybridized carbons (Fsp3) is 0.0435. The monoisotopic (exact) mass is 398 g/mol. The minimum absolute atomic E-state index is 0.399. The number of carbonyl (C=O) groups is 1. The van der Waals surface area contributed by atoms with Crippen molar-refractivity contribution in [1.29, 1.82) is 0 Å². The lowest BCUT2D eigenvalue weighted by Gasteiger charge is -2.14. The average Bonchev–Trinajstić information content (AvgIpc) is 2.79. The molecule has 0 unspecified atom stereocenters. The van der Waals surface area contributed by atoms with Crippen molar-refractivity contribution in [2.45, 2.75) is 10.4 Å². The van der Waals surface area contributed by atoms with Gasteiger partial charge < -0.3 is 5.73 Å². The van der Waals surface area contributed by atoms with Crippen molar-refractivity contribution in [3.63, 3.8) is 0 Å². The van der Waals surface area contributed by atoms with Crippen molar-refractivity contribution in [2.24, 2.45) is 5.73 Å². The molecule has 0 saturated carbocycles. The molecule has 1 aromatic heterocycles. The fourth-order valence-corrected chi connectivity index (χ4v) is 3.82. The second kappa shape index (κ2) is 8.67. The average molecular weight is 398 g/mol. The van der Waals surface area contributed by atoms with E-state index in [2.05, 4.69) is 10.2 Å². The number of benzene rings is 3. The second-order valence-electron chi connectivity index (χ2n) is 6.33. The smallest absolute Gasteiger partial charge is 0.235 e. The molecule has 0 bridgehead atoms.